The molecule has 0 saturated heterocycles. The fraction of sp³-hybridized carbons (Fsp3) is 0.946. The molecule has 0 bridgehead atoms. The molecule has 0 radical (unpaired) electrons. The summed E-state index contributed by atoms with van der Waals surface area (Å²) in [5, 5.41) is 0. The summed E-state index contributed by atoms with van der Waals surface area (Å²) in [5.41, 5.74) is 0. The number of carbonyl (C=O) groups is 2. The normalized spacial score (nSPS) is 12.3. The average Bonchev–Trinajstić information content (AvgIpc) is 3.02. The molecule has 1 unspecified atom stereocenters. The van der Waals surface area contributed by atoms with Crippen molar-refractivity contribution in [2.24, 2.45) is 0 Å². The highest BCUT2D eigenvalue weighted by Crippen LogP contribution is 2.36. The van der Waals surface area contributed by atoms with Crippen molar-refractivity contribution in [3.63, 3.8) is 0 Å². The summed E-state index contributed by atoms with van der Waals surface area (Å²) in [7, 11) is -4.74. The van der Waals surface area contributed by atoms with Crippen molar-refractivity contribution in [2.45, 2.75) is 213 Å². The second kappa shape index (κ2) is 33.9. The van der Waals surface area contributed by atoms with E-state index in [0.29, 0.717) is 6.42 Å². The smallest absolute Gasteiger partial charge is 0.462 e. The van der Waals surface area contributed by atoms with Gasteiger partial charge in [-0.1, -0.05) is 181 Å². The van der Waals surface area contributed by atoms with Gasteiger partial charge in [-0.15, -0.1) is 0 Å². The van der Waals surface area contributed by atoms with E-state index in [4.69, 9.17) is 19.3 Å². The van der Waals surface area contributed by atoms with Gasteiger partial charge >= 0.3 is 19.8 Å². The van der Waals surface area contributed by atoms with E-state index in [1.54, 1.807) is 0 Å². The summed E-state index contributed by atoms with van der Waals surface area (Å²) in [6.45, 7) is 3.70. The van der Waals surface area contributed by atoms with Crippen LogP contribution in [0.4, 0.5) is 0 Å². The van der Waals surface area contributed by atoms with E-state index in [-0.39, 0.29) is 19.4 Å². The minimum absolute atomic E-state index is 0.220. The van der Waals surface area contributed by atoms with Gasteiger partial charge in [-0.25, -0.2) is 4.57 Å². The summed E-state index contributed by atoms with van der Waals surface area (Å²) in [6.07, 6.45) is 33.9. The van der Waals surface area contributed by atoms with Gasteiger partial charge in [0, 0.05) is 12.8 Å². The fourth-order valence-electron chi connectivity index (χ4n) is 5.73. The number of esters is 2. The Kier molecular flexibility index (Phi) is 33.2. The fourth-order valence-corrected chi connectivity index (χ4v) is 6.09. The van der Waals surface area contributed by atoms with Crippen LogP contribution in [-0.2, 0) is 28.2 Å². The van der Waals surface area contributed by atoms with Crippen LogP contribution in [-0.4, -0.2) is 41.0 Å². The van der Waals surface area contributed by atoms with Gasteiger partial charge in [-0.2, -0.15) is 0 Å². The molecular weight excluding hydrogens is 603 g/mol. The topological polar surface area (TPSA) is 119 Å². The Labute approximate surface area is 283 Å². The molecule has 274 valence electrons. The molecule has 0 aromatic carbocycles. The average molecular weight is 677 g/mol. The van der Waals surface area contributed by atoms with Crippen LogP contribution in [0.2, 0.25) is 0 Å². The van der Waals surface area contributed by atoms with Crippen molar-refractivity contribution >= 4 is 19.8 Å². The lowest BCUT2D eigenvalue weighted by Gasteiger charge is -2.18. The first-order chi connectivity index (χ1) is 22.3. The summed E-state index contributed by atoms with van der Waals surface area (Å²) in [5.74, 6) is -0.871. The molecule has 0 aliphatic rings. The number of rotatable bonds is 36. The Bertz CT molecular complexity index is 726. The quantitative estimate of drug-likeness (QED) is 0.0382. The highest BCUT2D eigenvalue weighted by Gasteiger charge is 2.22. The molecule has 0 heterocycles. The van der Waals surface area contributed by atoms with Crippen LogP contribution in [0, 0.1) is 0 Å². The van der Waals surface area contributed by atoms with Gasteiger partial charge in [-0.05, 0) is 12.8 Å². The van der Waals surface area contributed by atoms with E-state index in [9.17, 15) is 14.2 Å². The first kappa shape index (κ1) is 45.0. The number of hydrogen-bond donors (Lipinski definition) is 2. The second-order valence-corrected chi connectivity index (χ2v) is 14.5. The molecule has 0 aliphatic heterocycles. The molecule has 0 spiro atoms. The predicted molar refractivity (Wildman–Crippen MR) is 189 cm³/mol. The van der Waals surface area contributed by atoms with Gasteiger partial charge in [-0.3, -0.25) is 14.1 Å². The van der Waals surface area contributed by atoms with Crippen molar-refractivity contribution in [3.05, 3.63) is 0 Å². The summed E-state index contributed by atoms with van der Waals surface area (Å²) < 4.78 is 26.3. The third-order valence-corrected chi connectivity index (χ3v) is 9.11. The molecule has 0 aliphatic carbocycles. The zero-order valence-electron chi connectivity index (χ0n) is 30.0. The van der Waals surface area contributed by atoms with Gasteiger partial charge < -0.3 is 19.3 Å². The first-order valence-electron chi connectivity index (χ1n) is 19.3. The minimum Gasteiger partial charge on any atom is -0.462 e. The Balaban J connectivity index is 3.91. The Morgan fingerprint density at radius 1 is 0.478 bits per heavy atom. The van der Waals surface area contributed by atoms with Crippen LogP contribution >= 0.6 is 7.82 Å². The van der Waals surface area contributed by atoms with Gasteiger partial charge in [0.2, 0.25) is 0 Å². The molecule has 8 nitrogen and oxygen atoms in total. The third-order valence-electron chi connectivity index (χ3n) is 8.63. The molecule has 0 aromatic rings. The van der Waals surface area contributed by atoms with Crippen LogP contribution in [0.25, 0.3) is 0 Å². The number of hydrogen-bond acceptors (Lipinski definition) is 6. The zero-order valence-corrected chi connectivity index (χ0v) is 30.9. The SMILES string of the molecule is CCCCCCCCCCCCCCCCCC(=O)OC(COC(=O)CCCCCCCCCCCCCCC)COP(=O)(O)O. The molecular formula is C37H73O8P. The number of carbonyl (C=O) groups excluding carboxylic acids is 2. The molecule has 0 rings (SSSR count). The highest BCUT2D eigenvalue weighted by molar-refractivity contribution is 7.46. The number of phosphoric acid groups is 1. The summed E-state index contributed by atoms with van der Waals surface area (Å²) >= 11 is 0. The Hall–Kier alpha value is -0.950. The van der Waals surface area contributed by atoms with Gasteiger partial charge in [0.05, 0.1) is 6.61 Å². The van der Waals surface area contributed by atoms with E-state index < -0.39 is 32.5 Å². The summed E-state index contributed by atoms with van der Waals surface area (Å²) in [4.78, 5) is 42.7. The maximum Gasteiger partial charge on any atom is 0.469 e. The van der Waals surface area contributed by atoms with Crippen molar-refractivity contribution in [3.8, 4) is 0 Å². The maximum absolute atomic E-state index is 12.4. The van der Waals surface area contributed by atoms with Gasteiger partial charge in [0.15, 0.2) is 6.10 Å². The lowest BCUT2D eigenvalue weighted by atomic mass is 10.0. The Morgan fingerprint density at radius 3 is 1.11 bits per heavy atom. The lowest BCUT2D eigenvalue weighted by Crippen LogP contribution is -2.29. The lowest BCUT2D eigenvalue weighted by molar-refractivity contribution is -0.161. The molecule has 9 heteroatoms. The van der Waals surface area contributed by atoms with Gasteiger partial charge in [0.25, 0.3) is 0 Å². The minimum atomic E-state index is -4.74. The molecule has 2 N–H and O–H groups in total. The Morgan fingerprint density at radius 2 is 0.783 bits per heavy atom. The maximum atomic E-state index is 12.4. The van der Waals surface area contributed by atoms with Crippen LogP contribution < -0.4 is 0 Å². The third kappa shape index (κ3) is 35.9. The van der Waals surface area contributed by atoms with Crippen LogP contribution in [0.5, 0.6) is 0 Å². The predicted octanol–water partition coefficient (Wildman–Crippen LogP) is 11.3. The van der Waals surface area contributed by atoms with Crippen molar-refractivity contribution in [1.29, 1.82) is 0 Å². The van der Waals surface area contributed by atoms with E-state index in [1.165, 1.54) is 141 Å². The summed E-state index contributed by atoms with van der Waals surface area (Å²) in [6, 6.07) is 0. The monoisotopic (exact) mass is 677 g/mol. The van der Waals surface area contributed by atoms with Crippen LogP contribution in [0.15, 0.2) is 0 Å². The van der Waals surface area contributed by atoms with E-state index >= 15 is 0 Å². The van der Waals surface area contributed by atoms with Crippen LogP contribution in [0.1, 0.15) is 206 Å². The molecule has 0 aromatic heterocycles. The van der Waals surface area contributed by atoms with Gasteiger partial charge in [0.1, 0.15) is 6.61 Å². The molecule has 1 atom stereocenters. The molecule has 0 amide bonds. The molecule has 0 saturated carbocycles. The zero-order chi connectivity index (χ0) is 34.0. The van der Waals surface area contributed by atoms with E-state index in [2.05, 4.69) is 18.4 Å². The van der Waals surface area contributed by atoms with Crippen molar-refractivity contribution in [2.75, 3.05) is 13.2 Å². The van der Waals surface area contributed by atoms with Crippen LogP contribution in [0.3, 0.4) is 0 Å². The number of ether oxygens (including phenoxy) is 2. The highest BCUT2D eigenvalue weighted by atomic mass is 31.2. The second-order valence-electron chi connectivity index (χ2n) is 13.3. The number of unbranched alkanes of at least 4 members (excludes halogenated alkanes) is 26. The van der Waals surface area contributed by atoms with E-state index in [0.717, 1.165) is 32.1 Å². The molecule has 46 heavy (non-hydrogen) atoms. The van der Waals surface area contributed by atoms with E-state index in [1.807, 2.05) is 0 Å². The largest absolute Gasteiger partial charge is 0.469 e. The first-order valence-corrected chi connectivity index (χ1v) is 20.9. The standard InChI is InChI=1S/C37H73O8P/c1-3-5-7-9-11-13-15-17-18-20-22-24-26-28-30-32-37(39)45-35(34-44-46(40,41)42)33-43-36(38)31-29-27-25-23-21-19-16-14-12-10-8-6-4-2/h35H,3-34H2,1-2H3,(H2,40,41,42). The van der Waals surface area contributed by atoms with Crippen molar-refractivity contribution in [1.82, 2.24) is 0 Å². The molecule has 0 fully saturated rings. The number of phosphoric ester groups is 1. The van der Waals surface area contributed by atoms with Crippen molar-refractivity contribution < 1.29 is 37.9 Å².